The smallest absolute Gasteiger partial charge is 0.303 e. The molecule has 0 fully saturated rings. The van der Waals surface area contributed by atoms with E-state index in [1.54, 1.807) is 12.1 Å². The highest BCUT2D eigenvalue weighted by Gasteiger charge is 2.28. The van der Waals surface area contributed by atoms with E-state index in [9.17, 15) is 13.6 Å². The first kappa shape index (κ1) is 19.2. The summed E-state index contributed by atoms with van der Waals surface area (Å²) in [4.78, 5) is 31.3. The fourth-order valence-electron chi connectivity index (χ4n) is 2.39. The quantitative estimate of drug-likeness (QED) is 0.693. The molecule has 8 nitrogen and oxygen atoms in total. The van der Waals surface area contributed by atoms with E-state index in [0.29, 0.717) is 22.8 Å². The van der Waals surface area contributed by atoms with Crippen molar-refractivity contribution < 1.29 is 13.6 Å². The molecule has 3 aromatic rings. The zero-order valence-corrected chi connectivity index (χ0v) is 15.4. The van der Waals surface area contributed by atoms with Gasteiger partial charge in [-0.3, -0.25) is 4.79 Å². The van der Waals surface area contributed by atoms with Crippen LogP contribution in [0.2, 0.25) is 0 Å². The van der Waals surface area contributed by atoms with E-state index in [1.807, 2.05) is 6.92 Å². The predicted octanol–water partition coefficient (Wildman–Crippen LogP) is 3.45. The second kappa shape index (κ2) is 7.59. The van der Waals surface area contributed by atoms with Gasteiger partial charge in [-0.15, -0.1) is 0 Å². The van der Waals surface area contributed by atoms with Crippen LogP contribution in [0.15, 0.2) is 36.9 Å². The molecule has 0 spiro atoms. The van der Waals surface area contributed by atoms with Gasteiger partial charge < -0.3 is 10.6 Å². The van der Waals surface area contributed by atoms with Crippen LogP contribution in [0.1, 0.15) is 25.4 Å². The summed E-state index contributed by atoms with van der Waals surface area (Å²) in [6.07, 6.45) is 4.18. The van der Waals surface area contributed by atoms with Crippen LogP contribution in [0.5, 0.6) is 0 Å². The Morgan fingerprint density at radius 1 is 1.11 bits per heavy atom. The molecule has 0 bridgehead atoms. The van der Waals surface area contributed by atoms with Crippen LogP contribution in [0.3, 0.4) is 0 Å². The van der Waals surface area contributed by atoms with Crippen LogP contribution in [0.4, 0.5) is 26.1 Å². The summed E-state index contributed by atoms with van der Waals surface area (Å²) in [6.45, 7) is 3.90. The van der Waals surface area contributed by atoms with Crippen molar-refractivity contribution in [3.8, 4) is 11.3 Å². The van der Waals surface area contributed by atoms with Crippen LogP contribution in [-0.4, -0.2) is 30.8 Å². The van der Waals surface area contributed by atoms with Crippen molar-refractivity contribution in [2.24, 2.45) is 0 Å². The van der Waals surface area contributed by atoms with Crippen molar-refractivity contribution in [1.82, 2.24) is 24.9 Å². The number of nitrogens with one attached hydrogen (secondary N) is 2. The Bertz CT molecular complexity index is 1020. The Hall–Kier alpha value is -3.56. The summed E-state index contributed by atoms with van der Waals surface area (Å²) in [5, 5.41) is 5.56. The highest BCUT2D eigenvalue weighted by atomic mass is 19.3. The number of anilines is 3. The normalized spacial score (nSPS) is 11.2. The summed E-state index contributed by atoms with van der Waals surface area (Å²) in [5.41, 5.74) is 2.38. The number of rotatable bonds is 5. The topological polar surface area (TPSA) is 106 Å². The number of carbonyl (C=O) groups is 1. The Morgan fingerprint density at radius 2 is 1.89 bits per heavy atom. The summed E-state index contributed by atoms with van der Waals surface area (Å²) in [6, 6.07) is 4.79. The molecule has 3 heterocycles. The Labute approximate surface area is 159 Å². The van der Waals surface area contributed by atoms with Crippen molar-refractivity contribution in [1.29, 1.82) is 0 Å². The molecule has 10 heteroatoms. The van der Waals surface area contributed by atoms with E-state index in [4.69, 9.17) is 0 Å². The molecule has 2 N–H and O–H groups in total. The Balaban J connectivity index is 2.05. The lowest BCUT2D eigenvalue weighted by Gasteiger charge is -2.14. The highest BCUT2D eigenvalue weighted by molar-refractivity contribution is 5.89. The molecule has 3 aromatic heterocycles. The largest absolute Gasteiger partial charge is 0.339 e. The molecule has 0 aliphatic heterocycles. The average Bonchev–Trinajstić information content (AvgIpc) is 2.61. The van der Waals surface area contributed by atoms with Gasteiger partial charge in [0.05, 0.1) is 11.4 Å². The van der Waals surface area contributed by atoms with Gasteiger partial charge in [0.25, 0.3) is 0 Å². The van der Waals surface area contributed by atoms with Crippen molar-refractivity contribution >= 4 is 23.2 Å². The Kier molecular flexibility index (Phi) is 5.21. The summed E-state index contributed by atoms with van der Waals surface area (Å²) < 4.78 is 27.1. The number of hydrogen-bond donors (Lipinski definition) is 2. The molecule has 3 rings (SSSR count). The molecule has 0 aliphatic carbocycles. The zero-order valence-electron chi connectivity index (χ0n) is 15.4. The number of pyridine rings is 1. The van der Waals surface area contributed by atoms with Crippen molar-refractivity contribution in [3.05, 3.63) is 48.4 Å². The van der Waals surface area contributed by atoms with Gasteiger partial charge in [-0.1, -0.05) is 0 Å². The van der Waals surface area contributed by atoms with Crippen molar-refractivity contribution in [3.63, 3.8) is 0 Å². The van der Waals surface area contributed by atoms with Crippen LogP contribution >= 0.6 is 0 Å². The van der Waals surface area contributed by atoms with E-state index in [1.165, 1.54) is 31.7 Å². The lowest BCUT2D eigenvalue weighted by atomic mass is 10.1. The van der Waals surface area contributed by atoms with Gasteiger partial charge in [0.2, 0.25) is 11.7 Å². The summed E-state index contributed by atoms with van der Waals surface area (Å²) in [7, 11) is 0. The number of hydrogen-bond acceptors (Lipinski definition) is 7. The molecule has 0 radical (unpaired) electrons. The first-order valence-electron chi connectivity index (χ1n) is 8.27. The van der Waals surface area contributed by atoms with Crippen LogP contribution in [0, 0.1) is 6.92 Å². The maximum atomic E-state index is 13.5. The van der Waals surface area contributed by atoms with Gasteiger partial charge in [-0.05, 0) is 19.1 Å². The van der Waals surface area contributed by atoms with Crippen LogP contribution in [-0.2, 0) is 10.7 Å². The van der Waals surface area contributed by atoms with Crippen LogP contribution in [0.25, 0.3) is 11.3 Å². The van der Waals surface area contributed by atoms with E-state index in [2.05, 4.69) is 35.6 Å². The van der Waals surface area contributed by atoms with Crippen molar-refractivity contribution in [2.45, 2.75) is 26.7 Å². The number of nitrogens with zero attached hydrogens (tertiary/aromatic N) is 5. The SMILES string of the molecule is CC(=O)Nc1cc(Nc2ccnc(C(C)(F)F)n2)c(-c2cc(C)ncn2)cn1. The third-order valence-electron chi connectivity index (χ3n) is 3.60. The molecular formula is C18H17F2N7O. The van der Waals surface area contributed by atoms with Gasteiger partial charge in [-0.25, -0.2) is 24.9 Å². The molecule has 1 amide bonds. The summed E-state index contributed by atoms with van der Waals surface area (Å²) >= 11 is 0. The number of aromatic nitrogens is 5. The van der Waals surface area contributed by atoms with E-state index in [0.717, 1.165) is 12.6 Å². The maximum absolute atomic E-state index is 13.5. The van der Waals surface area contributed by atoms with E-state index in [-0.39, 0.29) is 11.7 Å². The molecule has 0 atom stereocenters. The minimum absolute atomic E-state index is 0.165. The molecule has 0 aromatic carbocycles. The maximum Gasteiger partial charge on any atom is 0.303 e. The van der Waals surface area contributed by atoms with Crippen LogP contribution < -0.4 is 10.6 Å². The van der Waals surface area contributed by atoms with E-state index < -0.39 is 11.7 Å². The number of aryl methyl sites for hydroxylation is 1. The molecule has 0 unspecified atom stereocenters. The van der Waals surface area contributed by atoms with Gasteiger partial charge in [-0.2, -0.15) is 8.78 Å². The van der Waals surface area contributed by atoms with Gasteiger partial charge in [0.1, 0.15) is 18.0 Å². The first-order valence-corrected chi connectivity index (χ1v) is 8.27. The fourth-order valence-corrected chi connectivity index (χ4v) is 2.39. The second-order valence-electron chi connectivity index (χ2n) is 6.12. The lowest BCUT2D eigenvalue weighted by molar-refractivity contribution is -0.114. The number of carbonyl (C=O) groups excluding carboxylic acids is 1. The molecule has 28 heavy (non-hydrogen) atoms. The van der Waals surface area contributed by atoms with Gasteiger partial charge in [0, 0.05) is 43.6 Å². The third-order valence-corrected chi connectivity index (χ3v) is 3.60. The lowest BCUT2D eigenvalue weighted by Crippen LogP contribution is -2.13. The number of amides is 1. The zero-order chi connectivity index (χ0) is 20.3. The van der Waals surface area contributed by atoms with Gasteiger partial charge >= 0.3 is 5.92 Å². The van der Waals surface area contributed by atoms with Crippen molar-refractivity contribution in [2.75, 3.05) is 10.6 Å². The monoisotopic (exact) mass is 385 g/mol. The summed E-state index contributed by atoms with van der Waals surface area (Å²) in [5.74, 6) is -3.62. The standard InChI is InChI=1S/C18H17F2N7O/c1-10-6-13(24-9-23-10)12-8-22-16(25-11(2)28)7-14(12)26-15-4-5-21-17(27-15)18(3,19)20/h4-9H,1-3H3,(H2,21,22,25,26,27,28). The fraction of sp³-hybridized carbons (Fsp3) is 0.222. The third kappa shape index (κ3) is 4.58. The molecule has 0 saturated heterocycles. The highest BCUT2D eigenvalue weighted by Crippen LogP contribution is 2.31. The predicted molar refractivity (Wildman–Crippen MR) is 99.2 cm³/mol. The molecule has 0 aliphatic rings. The Morgan fingerprint density at radius 3 is 2.57 bits per heavy atom. The minimum atomic E-state index is -3.18. The first-order chi connectivity index (χ1) is 13.2. The second-order valence-corrected chi connectivity index (χ2v) is 6.12. The number of halogens is 2. The van der Waals surface area contributed by atoms with Gasteiger partial charge in [0.15, 0.2) is 0 Å². The average molecular weight is 385 g/mol. The molecular weight excluding hydrogens is 368 g/mol. The van der Waals surface area contributed by atoms with E-state index >= 15 is 0 Å². The molecule has 0 saturated carbocycles. The molecule has 144 valence electrons. The number of alkyl halides is 2. The minimum Gasteiger partial charge on any atom is -0.339 e.